The molecule has 1 saturated heterocycles. The third-order valence-electron chi connectivity index (χ3n) is 11.7. The molecule has 1 heterocycles. The first-order valence-electron chi connectivity index (χ1n) is 15.8. The van der Waals surface area contributed by atoms with Crippen LogP contribution in [-0.4, -0.2) is 76.5 Å². The number of aliphatic hydroxyl groups excluding tert-OH is 2. The Balaban J connectivity index is 1.33. The van der Waals surface area contributed by atoms with E-state index in [0.29, 0.717) is 38.0 Å². The number of nitrogens with zero attached hydrogens (tertiary/aromatic N) is 1. The molecule has 0 aromatic heterocycles. The van der Waals surface area contributed by atoms with Gasteiger partial charge in [-0.2, -0.15) is 0 Å². The van der Waals surface area contributed by atoms with Crippen LogP contribution < -0.4 is 5.32 Å². The summed E-state index contributed by atoms with van der Waals surface area (Å²) in [6, 6.07) is 7.38. The SMILES string of the molecule is C=C[C@]1(C)C[C@@H](OC(=O)CSc2ccccc2NC(=O)CN2CCC(O)C2)[C@]2(C)[C@H](C)CC[C@]3(CCC(=O)[C@H]32)[C@@H](C)[C@@H]1O. The molecule has 236 valence electrons. The molecule has 0 spiro atoms. The summed E-state index contributed by atoms with van der Waals surface area (Å²) in [5, 5.41) is 24.4. The number of rotatable bonds is 8. The molecule has 5 rings (SSSR count). The Morgan fingerprint density at radius 2 is 1.93 bits per heavy atom. The molecule has 1 unspecified atom stereocenters. The summed E-state index contributed by atoms with van der Waals surface area (Å²) in [6.45, 7) is 13.9. The number of aliphatic hydroxyl groups is 2. The molecule has 2 bridgehead atoms. The number of amides is 1. The Labute approximate surface area is 260 Å². The molecule has 3 N–H and O–H groups in total. The first-order chi connectivity index (χ1) is 20.3. The first-order valence-corrected chi connectivity index (χ1v) is 16.8. The second-order valence-corrected chi connectivity index (χ2v) is 15.1. The van der Waals surface area contributed by atoms with Gasteiger partial charge >= 0.3 is 5.97 Å². The maximum absolute atomic E-state index is 13.6. The second kappa shape index (κ2) is 12.3. The predicted molar refractivity (Wildman–Crippen MR) is 168 cm³/mol. The number of hydrogen-bond donors (Lipinski definition) is 3. The summed E-state index contributed by atoms with van der Waals surface area (Å²) in [6.07, 6.45) is 4.31. The minimum absolute atomic E-state index is 0.0413. The Morgan fingerprint density at radius 3 is 2.63 bits per heavy atom. The normalized spacial score (nSPS) is 39.4. The number of ether oxygens (including phenoxy) is 1. The van der Waals surface area contributed by atoms with Crippen molar-refractivity contribution in [2.24, 2.45) is 34.0 Å². The van der Waals surface area contributed by atoms with Crippen molar-refractivity contribution >= 4 is 35.1 Å². The van der Waals surface area contributed by atoms with E-state index in [1.54, 1.807) is 0 Å². The highest BCUT2D eigenvalue weighted by molar-refractivity contribution is 8.00. The molecule has 43 heavy (non-hydrogen) atoms. The molecule has 3 saturated carbocycles. The van der Waals surface area contributed by atoms with Gasteiger partial charge < -0.3 is 20.3 Å². The number of carbonyl (C=O) groups excluding carboxylic acids is 3. The van der Waals surface area contributed by atoms with Gasteiger partial charge in [-0.1, -0.05) is 45.9 Å². The van der Waals surface area contributed by atoms with Crippen molar-refractivity contribution in [1.82, 2.24) is 4.90 Å². The summed E-state index contributed by atoms with van der Waals surface area (Å²) in [4.78, 5) is 42.6. The lowest BCUT2D eigenvalue weighted by atomic mass is 9.44. The number of Topliss-reactive ketones (excluding diaryl/α,β-unsaturated/α-hetero) is 1. The van der Waals surface area contributed by atoms with Gasteiger partial charge in [-0.15, -0.1) is 18.3 Å². The zero-order valence-corrected chi connectivity index (χ0v) is 26.8. The van der Waals surface area contributed by atoms with Crippen molar-refractivity contribution in [3.8, 4) is 0 Å². The van der Waals surface area contributed by atoms with Gasteiger partial charge in [-0.25, -0.2) is 0 Å². The van der Waals surface area contributed by atoms with Crippen LogP contribution in [0.4, 0.5) is 5.69 Å². The number of carbonyl (C=O) groups is 3. The molecule has 9 heteroatoms. The van der Waals surface area contributed by atoms with Crippen molar-refractivity contribution in [3.05, 3.63) is 36.9 Å². The average molecular weight is 613 g/mol. The fraction of sp³-hybridized carbons (Fsp3) is 0.676. The van der Waals surface area contributed by atoms with Gasteiger partial charge in [0, 0.05) is 41.2 Å². The summed E-state index contributed by atoms with van der Waals surface area (Å²) in [5.74, 6) is -0.443. The molecule has 9 atom stereocenters. The minimum atomic E-state index is -0.703. The number of benzene rings is 1. The Kier molecular flexibility index (Phi) is 9.21. The fourth-order valence-electron chi connectivity index (χ4n) is 8.88. The molecular weight excluding hydrogens is 564 g/mol. The summed E-state index contributed by atoms with van der Waals surface area (Å²) in [5.41, 5.74) is -0.921. The van der Waals surface area contributed by atoms with E-state index < -0.39 is 29.1 Å². The van der Waals surface area contributed by atoms with Crippen LogP contribution in [0.3, 0.4) is 0 Å². The highest BCUT2D eigenvalue weighted by Crippen LogP contribution is 2.68. The first kappa shape index (κ1) is 32.2. The van der Waals surface area contributed by atoms with Gasteiger partial charge in [-0.05, 0) is 61.5 Å². The Bertz CT molecular complexity index is 1260. The molecular formula is C34H48N2O6S. The van der Waals surface area contributed by atoms with E-state index in [1.165, 1.54) is 11.8 Å². The molecule has 1 aromatic rings. The molecule has 3 aliphatic carbocycles. The lowest BCUT2D eigenvalue weighted by Crippen LogP contribution is -2.63. The molecule has 1 amide bonds. The number of likely N-dealkylation sites (tertiary alicyclic amines) is 1. The van der Waals surface area contributed by atoms with Crippen LogP contribution in [-0.2, 0) is 19.1 Å². The highest BCUT2D eigenvalue weighted by Gasteiger charge is 2.68. The van der Waals surface area contributed by atoms with E-state index in [-0.39, 0.29) is 53.1 Å². The summed E-state index contributed by atoms with van der Waals surface area (Å²) < 4.78 is 6.37. The molecule has 8 nitrogen and oxygen atoms in total. The van der Waals surface area contributed by atoms with Gasteiger partial charge in [0.1, 0.15) is 11.9 Å². The number of anilines is 1. The average Bonchev–Trinajstić information content (AvgIpc) is 3.55. The predicted octanol–water partition coefficient (Wildman–Crippen LogP) is 4.69. The number of nitrogens with one attached hydrogen (secondary N) is 1. The Morgan fingerprint density at radius 1 is 1.19 bits per heavy atom. The lowest BCUT2D eigenvalue weighted by Gasteiger charge is -2.61. The van der Waals surface area contributed by atoms with Crippen LogP contribution in [0.1, 0.15) is 66.2 Å². The zero-order chi connectivity index (χ0) is 31.2. The summed E-state index contributed by atoms with van der Waals surface area (Å²) >= 11 is 1.31. The maximum Gasteiger partial charge on any atom is 0.316 e. The smallest absolute Gasteiger partial charge is 0.316 e. The van der Waals surface area contributed by atoms with Crippen LogP contribution in [0.5, 0.6) is 0 Å². The molecule has 1 aromatic carbocycles. The number of ketones is 1. The quantitative estimate of drug-likeness (QED) is 0.220. The van der Waals surface area contributed by atoms with Crippen molar-refractivity contribution in [2.45, 2.75) is 89.4 Å². The van der Waals surface area contributed by atoms with Crippen molar-refractivity contribution in [1.29, 1.82) is 0 Å². The van der Waals surface area contributed by atoms with Crippen molar-refractivity contribution in [2.75, 3.05) is 30.7 Å². The third kappa shape index (κ3) is 5.83. The number of esters is 1. The van der Waals surface area contributed by atoms with Gasteiger partial charge in [0.15, 0.2) is 0 Å². The van der Waals surface area contributed by atoms with Crippen molar-refractivity contribution < 1.29 is 29.3 Å². The molecule has 0 radical (unpaired) electrons. The zero-order valence-electron chi connectivity index (χ0n) is 26.0. The van der Waals surface area contributed by atoms with Crippen LogP contribution in [0.2, 0.25) is 0 Å². The fourth-order valence-corrected chi connectivity index (χ4v) is 9.67. The van der Waals surface area contributed by atoms with E-state index in [0.717, 1.165) is 24.2 Å². The minimum Gasteiger partial charge on any atom is -0.461 e. The molecule has 4 aliphatic rings. The molecule has 4 fully saturated rings. The number of β-amino-alcohol motifs (C(OH)–C–C–N with tert-alkyl or cyclic N) is 1. The van der Waals surface area contributed by atoms with Gasteiger partial charge in [0.05, 0.1) is 30.2 Å². The number of hydrogen-bond acceptors (Lipinski definition) is 8. The maximum atomic E-state index is 13.6. The second-order valence-electron chi connectivity index (χ2n) is 14.1. The lowest BCUT2D eigenvalue weighted by molar-refractivity contribution is -0.205. The monoisotopic (exact) mass is 612 g/mol. The van der Waals surface area contributed by atoms with E-state index in [4.69, 9.17) is 4.74 Å². The summed E-state index contributed by atoms with van der Waals surface area (Å²) in [7, 11) is 0. The van der Waals surface area contributed by atoms with Gasteiger partial charge in [0.25, 0.3) is 0 Å². The van der Waals surface area contributed by atoms with E-state index >= 15 is 0 Å². The highest BCUT2D eigenvalue weighted by atomic mass is 32.2. The van der Waals surface area contributed by atoms with E-state index in [2.05, 4.69) is 32.7 Å². The van der Waals surface area contributed by atoms with Crippen LogP contribution >= 0.6 is 11.8 Å². The topological polar surface area (TPSA) is 116 Å². The van der Waals surface area contributed by atoms with Gasteiger partial charge in [0.2, 0.25) is 5.91 Å². The van der Waals surface area contributed by atoms with Crippen LogP contribution in [0.15, 0.2) is 41.8 Å². The Hall–Kier alpha value is -2.20. The van der Waals surface area contributed by atoms with Crippen LogP contribution in [0, 0.1) is 34.0 Å². The van der Waals surface area contributed by atoms with E-state index in [9.17, 15) is 24.6 Å². The van der Waals surface area contributed by atoms with Crippen molar-refractivity contribution in [3.63, 3.8) is 0 Å². The molecule has 1 aliphatic heterocycles. The van der Waals surface area contributed by atoms with E-state index in [1.807, 2.05) is 42.2 Å². The number of thioether (sulfide) groups is 1. The third-order valence-corrected chi connectivity index (χ3v) is 12.7. The largest absolute Gasteiger partial charge is 0.461 e. The standard InChI is InChI=1S/C34H48N2O6S/c1-6-32(4)17-27(33(5)21(2)11-14-34(22(3)31(32)41)15-12-25(38)30(33)34)42-29(40)20-43-26-10-8-7-9-24(26)35-28(39)19-36-16-13-23(37)18-36/h6-10,21-23,27,30-31,37,41H,1,11-20H2,2-5H3,(H,35,39)/t21-,22+,23?,27-,30+,31+,32-,33+,34+/m1/s1. The van der Waals surface area contributed by atoms with Crippen LogP contribution in [0.25, 0.3) is 0 Å². The van der Waals surface area contributed by atoms with Gasteiger partial charge in [-0.3, -0.25) is 19.3 Å². The number of para-hydroxylation sites is 1.